The van der Waals surface area contributed by atoms with E-state index in [1.54, 1.807) is 0 Å². The van der Waals surface area contributed by atoms with Gasteiger partial charge in [0.2, 0.25) is 0 Å². The first-order valence-corrected chi connectivity index (χ1v) is 5.02. The van der Waals surface area contributed by atoms with Gasteiger partial charge in [0.25, 0.3) is 0 Å². The molecule has 1 heteroatoms. The van der Waals surface area contributed by atoms with Crippen LogP contribution in [0, 0.1) is 5.92 Å². The Morgan fingerprint density at radius 2 is 1.91 bits per heavy atom. The van der Waals surface area contributed by atoms with E-state index in [0.717, 1.165) is 12.5 Å². The van der Waals surface area contributed by atoms with Gasteiger partial charge in [0.05, 0.1) is 0 Å². The van der Waals surface area contributed by atoms with E-state index in [1.165, 1.54) is 32.2 Å². The molecule has 0 rings (SSSR count). The Bertz CT molecular complexity index is 71.3. The van der Waals surface area contributed by atoms with Crippen molar-refractivity contribution in [1.82, 2.24) is 5.32 Å². The minimum absolute atomic E-state index is 0.929. The molecule has 0 aliphatic carbocycles. The van der Waals surface area contributed by atoms with Gasteiger partial charge in [-0.1, -0.05) is 33.6 Å². The highest BCUT2D eigenvalue weighted by atomic mass is 14.8. The van der Waals surface area contributed by atoms with Crippen LogP contribution in [0.2, 0.25) is 0 Å². The molecule has 0 heterocycles. The lowest BCUT2D eigenvalue weighted by molar-refractivity contribution is 0.461. The Kier molecular flexibility index (Phi) is 8.03. The Hall–Kier alpha value is -0.0400. The fourth-order valence-electron chi connectivity index (χ4n) is 1.39. The zero-order chi connectivity index (χ0) is 8.53. The predicted molar refractivity (Wildman–Crippen MR) is 51.8 cm³/mol. The first-order chi connectivity index (χ1) is 5.31. The highest BCUT2D eigenvalue weighted by Gasteiger charge is 1.98. The van der Waals surface area contributed by atoms with Crippen molar-refractivity contribution in [3.63, 3.8) is 0 Å². The van der Waals surface area contributed by atoms with Crippen LogP contribution in [0.15, 0.2) is 0 Å². The van der Waals surface area contributed by atoms with Crippen molar-refractivity contribution in [2.45, 2.75) is 46.5 Å². The molecule has 0 saturated heterocycles. The summed E-state index contributed by atoms with van der Waals surface area (Å²) in [5.74, 6) is 0.929. The van der Waals surface area contributed by atoms with Crippen molar-refractivity contribution < 1.29 is 0 Å². The van der Waals surface area contributed by atoms with Crippen molar-refractivity contribution >= 4 is 0 Å². The van der Waals surface area contributed by atoms with Crippen molar-refractivity contribution in [1.29, 1.82) is 0 Å². The largest absolute Gasteiger partial charge is 0.317 e. The minimum atomic E-state index is 0.929. The Morgan fingerprint density at radius 1 is 1.18 bits per heavy atom. The van der Waals surface area contributed by atoms with Gasteiger partial charge >= 0.3 is 0 Å². The number of nitrogens with one attached hydrogen (secondary N) is 1. The first kappa shape index (κ1) is 11.0. The summed E-state index contributed by atoms with van der Waals surface area (Å²) in [6, 6.07) is 0. The molecule has 0 aliphatic rings. The third-order valence-electron chi connectivity index (χ3n) is 2.08. The number of rotatable bonds is 7. The molecule has 1 unspecified atom stereocenters. The Balaban J connectivity index is 2.97. The molecule has 0 aromatic carbocycles. The molecule has 0 saturated carbocycles. The van der Waals surface area contributed by atoms with E-state index in [-0.39, 0.29) is 0 Å². The van der Waals surface area contributed by atoms with Crippen molar-refractivity contribution in [3.8, 4) is 0 Å². The van der Waals surface area contributed by atoms with Crippen LogP contribution in [0.3, 0.4) is 0 Å². The maximum atomic E-state index is 3.35. The van der Waals surface area contributed by atoms with Gasteiger partial charge < -0.3 is 5.32 Å². The van der Waals surface area contributed by atoms with Crippen molar-refractivity contribution in [2.24, 2.45) is 5.92 Å². The summed E-state index contributed by atoms with van der Waals surface area (Å²) in [5.41, 5.74) is 0. The zero-order valence-electron chi connectivity index (χ0n) is 8.32. The van der Waals surface area contributed by atoms with Crippen LogP contribution in [0.25, 0.3) is 0 Å². The number of hydrogen-bond donors (Lipinski definition) is 1. The number of hydrogen-bond acceptors (Lipinski definition) is 1. The normalized spacial score (nSPS) is 13.4. The van der Waals surface area contributed by atoms with Crippen LogP contribution >= 0.6 is 0 Å². The molecule has 0 radical (unpaired) electrons. The third-order valence-corrected chi connectivity index (χ3v) is 2.08. The summed E-state index contributed by atoms with van der Waals surface area (Å²) >= 11 is 0. The van der Waals surface area contributed by atoms with Gasteiger partial charge in [0.1, 0.15) is 0 Å². The highest BCUT2D eigenvalue weighted by molar-refractivity contribution is 4.53. The van der Waals surface area contributed by atoms with E-state index in [4.69, 9.17) is 0 Å². The van der Waals surface area contributed by atoms with E-state index in [0.29, 0.717) is 0 Å². The fourth-order valence-corrected chi connectivity index (χ4v) is 1.39. The predicted octanol–water partition coefficient (Wildman–Crippen LogP) is 2.81. The molecule has 0 aromatic heterocycles. The Labute approximate surface area is 71.6 Å². The van der Waals surface area contributed by atoms with Gasteiger partial charge in [-0.25, -0.2) is 0 Å². The third kappa shape index (κ3) is 7.86. The molecule has 0 bridgehead atoms. The molecular formula is C10H23N. The van der Waals surface area contributed by atoms with E-state index in [9.17, 15) is 0 Å². The Morgan fingerprint density at radius 3 is 2.45 bits per heavy atom. The molecule has 0 aromatic rings. The lowest BCUT2D eigenvalue weighted by atomic mass is 10.0. The lowest BCUT2D eigenvalue weighted by Crippen LogP contribution is -2.14. The molecular weight excluding hydrogens is 134 g/mol. The van der Waals surface area contributed by atoms with E-state index >= 15 is 0 Å². The van der Waals surface area contributed by atoms with Gasteiger partial charge in [-0.05, 0) is 31.8 Å². The van der Waals surface area contributed by atoms with Crippen molar-refractivity contribution in [3.05, 3.63) is 0 Å². The second-order valence-corrected chi connectivity index (χ2v) is 3.39. The molecule has 0 aliphatic heterocycles. The fraction of sp³-hybridized carbons (Fsp3) is 1.00. The smallest absolute Gasteiger partial charge is 0.00489 e. The summed E-state index contributed by atoms with van der Waals surface area (Å²) in [4.78, 5) is 0. The van der Waals surface area contributed by atoms with Gasteiger partial charge in [-0.2, -0.15) is 0 Å². The zero-order valence-corrected chi connectivity index (χ0v) is 8.32. The maximum Gasteiger partial charge on any atom is -0.00489 e. The van der Waals surface area contributed by atoms with Gasteiger partial charge in [0, 0.05) is 0 Å². The van der Waals surface area contributed by atoms with E-state index < -0.39 is 0 Å². The molecule has 1 nitrogen and oxygen atoms in total. The molecule has 0 fully saturated rings. The van der Waals surface area contributed by atoms with Gasteiger partial charge in [-0.3, -0.25) is 0 Å². The SMILES string of the molecule is CCCC(C)CCCNCC. The van der Waals surface area contributed by atoms with Crippen LogP contribution in [0.4, 0.5) is 0 Å². The van der Waals surface area contributed by atoms with Gasteiger partial charge in [0.15, 0.2) is 0 Å². The van der Waals surface area contributed by atoms with E-state index in [1.807, 2.05) is 0 Å². The summed E-state index contributed by atoms with van der Waals surface area (Å²) in [6.07, 6.45) is 5.46. The monoisotopic (exact) mass is 157 g/mol. The topological polar surface area (TPSA) is 12.0 Å². The second-order valence-electron chi connectivity index (χ2n) is 3.39. The quantitative estimate of drug-likeness (QED) is 0.560. The summed E-state index contributed by atoms with van der Waals surface area (Å²) in [5, 5.41) is 3.35. The molecule has 1 N–H and O–H groups in total. The molecule has 0 amide bonds. The summed E-state index contributed by atoms with van der Waals surface area (Å²) < 4.78 is 0. The van der Waals surface area contributed by atoms with Crippen LogP contribution in [-0.2, 0) is 0 Å². The molecule has 68 valence electrons. The van der Waals surface area contributed by atoms with Crippen LogP contribution in [-0.4, -0.2) is 13.1 Å². The summed E-state index contributed by atoms with van der Waals surface area (Å²) in [7, 11) is 0. The van der Waals surface area contributed by atoms with Crippen LogP contribution in [0.1, 0.15) is 46.5 Å². The van der Waals surface area contributed by atoms with Crippen molar-refractivity contribution in [2.75, 3.05) is 13.1 Å². The highest BCUT2D eigenvalue weighted by Crippen LogP contribution is 2.11. The van der Waals surface area contributed by atoms with Crippen LogP contribution in [0.5, 0.6) is 0 Å². The maximum absolute atomic E-state index is 3.35. The molecule has 11 heavy (non-hydrogen) atoms. The first-order valence-electron chi connectivity index (χ1n) is 5.02. The van der Waals surface area contributed by atoms with E-state index in [2.05, 4.69) is 26.1 Å². The second kappa shape index (κ2) is 8.06. The summed E-state index contributed by atoms with van der Waals surface area (Å²) in [6.45, 7) is 9.10. The average Bonchev–Trinajstić information content (AvgIpc) is 1.99. The average molecular weight is 157 g/mol. The minimum Gasteiger partial charge on any atom is -0.317 e. The molecule has 0 spiro atoms. The lowest BCUT2D eigenvalue weighted by Gasteiger charge is -2.08. The molecule has 1 atom stereocenters. The van der Waals surface area contributed by atoms with Gasteiger partial charge in [-0.15, -0.1) is 0 Å². The standard InChI is InChI=1S/C10H23N/c1-4-7-10(3)8-6-9-11-5-2/h10-11H,4-9H2,1-3H3. The van der Waals surface area contributed by atoms with Crippen LogP contribution < -0.4 is 5.32 Å².